The summed E-state index contributed by atoms with van der Waals surface area (Å²) in [5.74, 6) is 0.313. The van der Waals surface area contributed by atoms with Gasteiger partial charge in [-0.1, -0.05) is 54.6 Å². The smallest absolute Gasteiger partial charge is 0.115 e. The molecule has 0 saturated carbocycles. The molecule has 0 aromatic heterocycles. The number of rotatable bonds is 5. The Hall–Kier alpha value is -2.32. The summed E-state index contributed by atoms with van der Waals surface area (Å²) in [5.41, 5.74) is 2.56. The van der Waals surface area contributed by atoms with Gasteiger partial charge < -0.3 is 10.4 Å². The molecule has 1 atom stereocenters. The van der Waals surface area contributed by atoms with Crippen LogP contribution in [0.2, 0.25) is 0 Å². The molecule has 0 spiro atoms. The van der Waals surface area contributed by atoms with Gasteiger partial charge in [-0.2, -0.15) is 0 Å². The lowest BCUT2D eigenvalue weighted by Gasteiger charge is -2.15. The summed E-state index contributed by atoms with van der Waals surface area (Å²) in [6.45, 7) is 3.02. The molecule has 2 N–H and O–H groups in total. The number of phenolic OH excluding ortho intramolecular Hbond substituents is 1. The Labute approximate surface area is 131 Å². The van der Waals surface area contributed by atoms with Crippen molar-refractivity contribution in [1.82, 2.24) is 5.32 Å². The summed E-state index contributed by atoms with van der Waals surface area (Å²) in [5, 5.41) is 15.5. The first-order chi connectivity index (χ1) is 10.7. The van der Waals surface area contributed by atoms with Gasteiger partial charge in [0.2, 0.25) is 0 Å². The van der Waals surface area contributed by atoms with Crippen LogP contribution in [0, 0.1) is 0 Å². The van der Waals surface area contributed by atoms with Crippen LogP contribution in [0.25, 0.3) is 10.8 Å². The highest BCUT2D eigenvalue weighted by Crippen LogP contribution is 2.20. The lowest BCUT2D eigenvalue weighted by atomic mass is 9.99. The third kappa shape index (κ3) is 3.46. The predicted molar refractivity (Wildman–Crippen MR) is 92.1 cm³/mol. The maximum atomic E-state index is 9.31. The quantitative estimate of drug-likeness (QED) is 0.736. The predicted octanol–water partition coefficient (Wildman–Crippen LogP) is 4.27. The normalized spacial score (nSPS) is 12.4. The van der Waals surface area contributed by atoms with E-state index in [0.717, 1.165) is 13.0 Å². The molecule has 0 aliphatic rings. The molecule has 0 aliphatic carbocycles. The van der Waals surface area contributed by atoms with E-state index in [0.29, 0.717) is 11.8 Å². The lowest BCUT2D eigenvalue weighted by Crippen LogP contribution is -2.27. The van der Waals surface area contributed by atoms with E-state index in [1.165, 1.54) is 21.9 Å². The Morgan fingerprint density at radius 3 is 2.45 bits per heavy atom. The average molecular weight is 291 g/mol. The minimum atomic E-state index is 0.313. The minimum Gasteiger partial charge on any atom is -0.508 e. The highest BCUT2D eigenvalue weighted by Gasteiger charge is 2.06. The number of benzene rings is 3. The van der Waals surface area contributed by atoms with E-state index in [4.69, 9.17) is 0 Å². The molecule has 22 heavy (non-hydrogen) atoms. The number of hydrogen-bond acceptors (Lipinski definition) is 2. The van der Waals surface area contributed by atoms with Crippen LogP contribution in [0.5, 0.6) is 5.75 Å². The summed E-state index contributed by atoms with van der Waals surface area (Å²) >= 11 is 0. The third-order valence-corrected chi connectivity index (χ3v) is 4.00. The first-order valence-corrected chi connectivity index (χ1v) is 7.70. The zero-order valence-corrected chi connectivity index (χ0v) is 12.8. The molecule has 0 fully saturated rings. The molecule has 3 rings (SSSR count). The van der Waals surface area contributed by atoms with Crippen LogP contribution in [0.15, 0.2) is 66.7 Å². The molecule has 0 aliphatic heterocycles. The summed E-state index contributed by atoms with van der Waals surface area (Å²) < 4.78 is 0. The van der Waals surface area contributed by atoms with E-state index >= 15 is 0 Å². The van der Waals surface area contributed by atoms with Gasteiger partial charge in [0.15, 0.2) is 0 Å². The van der Waals surface area contributed by atoms with E-state index in [1.807, 2.05) is 12.1 Å². The summed E-state index contributed by atoms with van der Waals surface area (Å²) in [6, 6.07) is 22.8. The molecule has 0 saturated heterocycles. The van der Waals surface area contributed by atoms with Gasteiger partial charge in [-0.3, -0.25) is 0 Å². The van der Waals surface area contributed by atoms with Crippen LogP contribution in [-0.2, 0) is 13.0 Å². The molecule has 0 bridgehead atoms. The van der Waals surface area contributed by atoms with Gasteiger partial charge in [0, 0.05) is 12.6 Å². The largest absolute Gasteiger partial charge is 0.508 e. The van der Waals surface area contributed by atoms with E-state index in [1.54, 1.807) is 12.1 Å². The van der Waals surface area contributed by atoms with Gasteiger partial charge in [-0.05, 0) is 47.4 Å². The van der Waals surface area contributed by atoms with Gasteiger partial charge in [0.05, 0.1) is 0 Å². The van der Waals surface area contributed by atoms with Crippen molar-refractivity contribution in [2.45, 2.75) is 25.9 Å². The molecule has 1 unspecified atom stereocenters. The summed E-state index contributed by atoms with van der Waals surface area (Å²) in [7, 11) is 0. The fraction of sp³-hybridized carbons (Fsp3) is 0.200. The van der Waals surface area contributed by atoms with Crippen molar-refractivity contribution in [3.05, 3.63) is 77.9 Å². The molecular formula is C20H21NO. The monoisotopic (exact) mass is 291 g/mol. The van der Waals surface area contributed by atoms with Crippen LogP contribution in [0.1, 0.15) is 18.1 Å². The van der Waals surface area contributed by atoms with Crippen LogP contribution in [-0.4, -0.2) is 11.1 Å². The van der Waals surface area contributed by atoms with Gasteiger partial charge in [0.25, 0.3) is 0 Å². The van der Waals surface area contributed by atoms with Crippen LogP contribution < -0.4 is 5.32 Å². The maximum absolute atomic E-state index is 9.31. The average Bonchev–Trinajstić information content (AvgIpc) is 2.55. The first kappa shape index (κ1) is 14.6. The van der Waals surface area contributed by atoms with Gasteiger partial charge >= 0.3 is 0 Å². The van der Waals surface area contributed by atoms with Crippen molar-refractivity contribution < 1.29 is 5.11 Å². The van der Waals surface area contributed by atoms with Crippen LogP contribution in [0.3, 0.4) is 0 Å². The van der Waals surface area contributed by atoms with Crippen molar-refractivity contribution in [2.24, 2.45) is 0 Å². The molecule has 112 valence electrons. The number of aromatic hydroxyl groups is 1. The van der Waals surface area contributed by atoms with Gasteiger partial charge in [-0.15, -0.1) is 0 Å². The fourth-order valence-corrected chi connectivity index (χ4v) is 2.78. The Bertz CT molecular complexity index is 744. The first-order valence-electron chi connectivity index (χ1n) is 7.70. The maximum Gasteiger partial charge on any atom is 0.115 e. The van der Waals surface area contributed by atoms with Crippen molar-refractivity contribution in [1.29, 1.82) is 0 Å². The molecular weight excluding hydrogens is 270 g/mol. The molecule has 3 aromatic carbocycles. The topological polar surface area (TPSA) is 32.3 Å². The highest BCUT2D eigenvalue weighted by molar-refractivity contribution is 5.85. The summed E-state index contributed by atoms with van der Waals surface area (Å²) in [4.78, 5) is 0. The van der Waals surface area contributed by atoms with Crippen LogP contribution in [0.4, 0.5) is 0 Å². The second-order valence-corrected chi connectivity index (χ2v) is 5.79. The SMILES string of the molecule is CC(Cc1cccc2ccccc12)NCc1ccc(O)cc1. The fourth-order valence-electron chi connectivity index (χ4n) is 2.78. The van der Waals surface area contributed by atoms with E-state index in [2.05, 4.69) is 54.7 Å². The second-order valence-electron chi connectivity index (χ2n) is 5.79. The Balaban J connectivity index is 1.65. The van der Waals surface area contributed by atoms with E-state index in [-0.39, 0.29) is 0 Å². The number of nitrogens with one attached hydrogen (secondary N) is 1. The molecule has 2 nitrogen and oxygen atoms in total. The Morgan fingerprint density at radius 1 is 0.909 bits per heavy atom. The summed E-state index contributed by atoms with van der Waals surface area (Å²) in [6.07, 6.45) is 0.999. The van der Waals surface area contributed by atoms with Crippen molar-refractivity contribution in [2.75, 3.05) is 0 Å². The molecule has 3 aromatic rings. The second kappa shape index (κ2) is 6.63. The van der Waals surface area contributed by atoms with Crippen molar-refractivity contribution >= 4 is 10.8 Å². The van der Waals surface area contributed by atoms with E-state index in [9.17, 15) is 5.11 Å². The highest BCUT2D eigenvalue weighted by atomic mass is 16.3. The standard InChI is InChI=1S/C20H21NO/c1-15(21-14-16-9-11-19(22)12-10-16)13-18-7-4-6-17-5-2-3-8-20(17)18/h2-12,15,21-22H,13-14H2,1H3. The van der Waals surface area contributed by atoms with Crippen molar-refractivity contribution in [3.8, 4) is 5.75 Å². The van der Waals surface area contributed by atoms with Gasteiger partial charge in [-0.25, -0.2) is 0 Å². The lowest BCUT2D eigenvalue weighted by molar-refractivity contribution is 0.474. The molecule has 0 heterocycles. The third-order valence-electron chi connectivity index (χ3n) is 4.00. The van der Waals surface area contributed by atoms with Crippen LogP contribution >= 0.6 is 0 Å². The Morgan fingerprint density at radius 2 is 1.64 bits per heavy atom. The Kier molecular flexibility index (Phi) is 4.40. The zero-order valence-electron chi connectivity index (χ0n) is 12.8. The van der Waals surface area contributed by atoms with E-state index < -0.39 is 0 Å². The van der Waals surface area contributed by atoms with Crippen molar-refractivity contribution in [3.63, 3.8) is 0 Å². The molecule has 0 radical (unpaired) electrons. The van der Waals surface area contributed by atoms with Gasteiger partial charge in [0.1, 0.15) is 5.75 Å². The molecule has 0 amide bonds. The minimum absolute atomic E-state index is 0.313. The number of hydrogen-bond donors (Lipinski definition) is 2. The number of phenols is 1. The molecule has 2 heteroatoms. The zero-order chi connectivity index (χ0) is 15.4. The number of fused-ring (bicyclic) bond motifs is 1.